The van der Waals surface area contributed by atoms with Crippen LogP contribution in [0.2, 0.25) is 18.1 Å². The highest BCUT2D eigenvalue weighted by atomic mass is 32.2. The van der Waals surface area contributed by atoms with E-state index in [2.05, 4.69) is 20.8 Å². The Balaban J connectivity index is 2.59. The molecular weight excluding hydrogens is 293 g/mol. The maximum Gasteiger partial charge on any atom is 0.392 e. The summed E-state index contributed by atoms with van der Waals surface area (Å²) in [4.78, 5) is 0. The highest BCUT2D eigenvalue weighted by Gasteiger charge is 2.48. The molecule has 0 amide bonds. The minimum Gasteiger partial charge on any atom is -0.416 e. The monoisotopic (exact) mass is 316 g/mol. The van der Waals surface area contributed by atoms with Gasteiger partial charge in [-0.2, -0.15) is 13.2 Å². The molecule has 0 spiro atoms. The second-order valence-corrected chi connectivity index (χ2v) is 13.3. The maximum atomic E-state index is 12.6. The molecule has 0 aromatic heterocycles. The van der Waals surface area contributed by atoms with Crippen molar-refractivity contribution in [3.8, 4) is 0 Å². The van der Waals surface area contributed by atoms with Crippen LogP contribution in [0, 0.1) is 5.92 Å². The normalized spacial score (nSPS) is 29.8. The van der Waals surface area contributed by atoms with Gasteiger partial charge in [0.1, 0.15) is 0 Å². The summed E-state index contributed by atoms with van der Waals surface area (Å²) in [7, 11) is -3.41. The van der Waals surface area contributed by atoms with Gasteiger partial charge in [-0.15, -0.1) is 0 Å². The lowest BCUT2D eigenvalue weighted by atomic mass is 10.1. The first-order chi connectivity index (χ1) is 8.34. The molecule has 3 atom stereocenters. The molecule has 114 valence electrons. The van der Waals surface area contributed by atoms with Crippen LogP contribution in [0.15, 0.2) is 0 Å². The van der Waals surface area contributed by atoms with Gasteiger partial charge in [-0.25, -0.2) is 0 Å². The standard InChI is InChI=1S/C12H23F3O2SSi/c1-11(2,3)19(4,5)17-7-10-6-9(8-18(10)16)12(13,14)15/h9-10H,6-8H2,1-5H3/t9-,10+,18?/m0/s1. The molecule has 1 saturated heterocycles. The quantitative estimate of drug-likeness (QED) is 0.742. The number of alkyl halides is 3. The van der Waals surface area contributed by atoms with E-state index in [0.29, 0.717) is 0 Å². The molecule has 0 saturated carbocycles. The smallest absolute Gasteiger partial charge is 0.392 e. The van der Waals surface area contributed by atoms with Crippen molar-refractivity contribution in [3.63, 3.8) is 0 Å². The topological polar surface area (TPSA) is 26.3 Å². The first-order valence-electron chi connectivity index (χ1n) is 6.42. The SMILES string of the molecule is CC(C)(C)[Si](C)(C)OC[C@H]1C[C@H](C(F)(F)F)CS1=O. The second-order valence-electron chi connectivity index (χ2n) is 6.71. The van der Waals surface area contributed by atoms with Gasteiger partial charge in [0, 0.05) is 23.2 Å². The van der Waals surface area contributed by atoms with E-state index < -0.39 is 36.5 Å². The van der Waals surface area contributed by atoms with Gasteiger partial charge in [0.2, 0.25) is 0 Å². The fraction of sp³-hybridized carbons (Fsp3) is 1.00. The molecule has 1 unspecified atom stereocenters. The highest BCUT2D eigenvalue weighted by Crippen LogP contribution is 2.39. The molecule has 1 fully saturated rings. The molecule has 1 rings (SSSR count). The number of halogens is 3. The molecule has 0 N–H and O–H groups in total. The van der Waals surface area contributed by atoms with E-state index in [-0.39, 0.29) is 23.8 Å². The molecule has 0 aromatic carbocycles. The van der Waals surface area contributed by atoms with Gasteiger partial charge in [0.15, 0.2) is 8.32 Å². The van der Waals surface area contributed by atoms with Gasteiger partial charge < -0.3 is 4.43 Å². The number of rotatable bonds is 3. The van der Waals surface area contributed by atoms with E-state index >= 15 is 0 Å². The Kier molecular flexibility index (Phi) is 4.95. The van der Waals surface area contributed by atoms with E-state index in [1.54, 1.807) is 0 Å². The van der Waals surface area contributed by atoms with Crippen LogP contribution in [0.4, 0.5) is 13.2 Å². The summed E-state index contributed by atoms with van der Waals surface area (Å²) in [6.45, 7) is 10.5. The largest absolute Gasteiger partial charge is 0.416 e. The third-order valence-electron chi connectivity index (χ3n) is 4.18. The average molecular weight is 316 g/mol. The summed E-state index contributed by atoms with van der Waals surface area (Å²) in [5.74, 6) is -1.70. The predicted molar refractivity (Wildman–Crippen MR) is 74.1 cm³/mol. The number of hydrogen-bond acceptors (Lipinski definition) is 2. The van der Waals surface area contributed by atoms with E-state index in [0.717, 1.165) is 0 Å². The lowest BCUT2D eigenvalue weighted by molar-refractivity contribution is -0.168. The Morgan fingerprint density at radius 1 is 1.26 bits per heavy atom. The zero-order valence-corrected chi connectivity index (χ0v) is 14.0. The summed E-state index contributed by atoms with van der Waals surface area (Å²) < 4.78 is 55.4. The molecule has 1 heterocycles. The van der Waals surface area contributed by atoms with Crippen LogP contribution in [0.5, 0.6) is 0 Å². The van der Waals surface area contributed by atoms with Crippen molar-refractivity contribution < 1.29 is 21.8 Å². The third kappa shape index (κ3) is 4.29. The molecule has 0 radical (unpaired) electrons. The van der Waals surface area contributed by atoms with Crippen molar-refractivity contribution in [1.29, 1.82) is 0 Å². The summed E-state index contributed by atoms with van der Waals surface area (Å²) in [5, 5.41) is -0.461. The molecule has 0 aromatic rings. The highest BCUT2D eigenvalue weighted by molar-refractivity contribution is 7.86. The van der Waals surface area contributed by atoms with Gasteiger partial charge in [-0.3, -0.25) is 4.21 Å². The van der Waals surface area contributed by atoms with Crippen LogP contribution in [0.25, 0.3) is 0 Å². The summed E-state index contributed by atoms with van der Waals surface area (Å²) in [5.41, 5.74) is 0. The second kappa shape index (κ2) is 5.48. The van der Waals surface area contributed by atoms with Crippen molar-refractivity contribution in [2.75, 3.05) is 12.4 Å². The fourth-order valence-corrected chi connectivity index (χ4v) is 4.55. The zero-order chi connectivity index (χ0) is 15.1. The molecule has 0 bridgehead atoms. The Morgan fingerprint density at radius 3 is 2.16 bits per heavy atom. The van der Waals surface area contributed by atoms with Gasteiger partial charge in [-0.05, 0) is 24.6 Å². The summed E-state index contributed by atoms with van der Waals surface area (Å²) >= 11 is 0. The van der Waals surface area contributed by atoms with Crippen LogP contribution < -0.4 is 0 Å². The molecular formula is C12H23F3O2SSi. The van der Waals surface area contributed by atoms with Crippen molar-refractivity contribution in [2.24, 2.45) is 5.92 Å². The minimum atomic E-state index is -4.23. The van der Waals surface area contributed by atoms with E-state index in [9.17, 15) is 17.4 Å². The Morgan fingerprint density at radius 2 is 1.79 bits per heavy atom. The van der Waals surface area contributed by atoms with E-state index in [1.165, 1.54) is 0 Å². The third-order valence-corrected chi connectivity index (χ3v) is 10.5. The van der Waals surface area contributed by atoms with Crippen LogP contribution in [-0.4, -0.2) is 36.3 Å². The van der Waals surface area contributed by atoms with E-state index in [1.807, 2.05) is 13.1 Å². The Bertz CT molecular complexity index is 350. The molecule has 7 heteroatoms. The predicted octanol–water partition coefficient (Wildman–Crippen LogP) is 3.71. The first kappa shape index (κ1) is 17.2. The molecule has 0 aliphatic carbocycles. The lowest BCUT2D eigenvalue weighted by Crippen LogP contribution is -2.42. The van der Waals surface area contributed by atoms with Crippen LogP contribution in [0.1, 0.15) is 27.2 Å². The van der Waals surface area contributed by atoms with Gasteiger partial charge in [-0.1, -0.05) is 20.8 Å². The van der Waals surface area contributed by atoms with Gasteiger partial charge in [0.25, 0.3) is 0 Å². The van der Waals surface area contributed by atoms with Crippen LogP contribution in [-0.2, 0) is 15.2 Å². The molecule has 1 aliphatic heterocycles. The maximum absolute atomic E-state index is 12.6. The van der Waals surface area contributed by atoms with Crippen LogP contribution >= 0.6 is 0 Å². The first-order valence-corrected chi connectivity index (χ1v) is 10.7. The average Bonchev–Trinajstić information content (AvgIpc) is 2.55. The summed E-state index contributed by atoms with van der Waals surface area (Å²) in [6, 6.07) is 0. The molecule has 1 aliphatic rings. The van der Waals surface area contributed by atoms with Crippen molar-refractivity contribution in [3.05, 3.63) is 0 Å². The van der Waals surface area contributed by atoms with Gasteiger partial charge >= 0.3 is 6.18 Å². The van der Waals surface area contributed by atoms with Crippen LogP contribution in [0.3, 0.4) is 0 Å². The zero-order valence-electron chi connectivity index (χ0n) is 12.1. The van der Waals surface area contributed by atoms with Crippen molar-refractivity contribution in [1.82, 2.24) is 0 Å². The molecule has 2 nitrogen and oxygen atoms in total. The fourth-order valence-electron chi connectivity index (χ4n) is 1.72. The Labute approximate surface area is 116 Å². The minimum absolute atomic E-state index is 0.0104. The van der Waals surface area contributed by atoms with Crippen molar-refractivity contribution in [2.45, 2.75) is 56.8 Å². The van der Waals surface area contributed by atoms with Gasteiger partial charge in [0.05, 0.1) is 11.2 Å². The lowest BCUT2D eigenvalue weighted by Gasteiger charge is -2.36. The summed E-state index contributed by atoms with van der Waals surface area (Å²) in [6.07, 6.45) is -4.30. The number of hydrogen-bond donors (Lipinski definition) is 0. The Hall–Kier alpha value is 0.117. The van der Waals surface area contributed by atoms with E-state index in [4.69, 9.17) is 4.43 Å². The van der Waals surface area contributed by atoms with Crippen molar-refractivity contribution >= 4 is 19.1 Å². The molecule has 19 heavy (non-hydrogen) atoms.